The van der Waals surface area contributed by atoms with Gasteiger partial charge < -0.3 is 15.0 Å². The minimum Gasteiger partial charge on any atom is -0.377 e. The Morgan fingerprint density at radius 3 is 2.93 bits per heavy atom. The zero-order valence-electron chi connectivity index (χ0n) is 10.5. The van der Waals surface area contributed by atoms with Gasteiger partial charge in [0, 0.05) is 13.1 Å². The molecule has 1 aliphatic rings. The average molecular weight is 214 g/mol. The van der Waals surface area contributed by atoms with Gasteiger partial charge in [-0.25, -0.2) is 0 Å². The van der Waals surface area contributed by atoms with E-state index >= 15 is 0 Å². The second-order valence-electron chi connectivity index (χ2n) is 4.89. The van der Waals surface area contributed by atoms with Crippen LogP contribution in [-0.2, 0) is 4.74 Å². The van der Waals surface area contributed by atoms with Crippen molar-refractivity contribution in [3.05, 3.63) is 0 Å². The third-order valence-corrected chi connectivity index (χ3v) is 2.89. The Morgan fingerprint density at radius 2 is 2.27 bits per heavy atom. The molecule has 0 saturated carbocycles. The third-order valence-electron chi connectivity index (χ3n) is 2.89. The summed E-state index contributed by atoms with van der Waals surface area (Å²) in [5.74, 6) is 0.836. The Bertz CT molecular complexity index is 162. The largest absolute Gasteiger partial charge is 0.377 e. The Kier molecular flexibility index (Phi) is 6.22. The number of ether oxygens (including phenoxy) is 1. The highest BCUT2D eigenvalue weighted by atomic mass is 16.5. The molecular formula is C12H26N2O. The first-order valence-electron chi connectivity index (χ1n) is 6.19. The van der Waals surface area contributed by atoms with Crippen LogP contribution in [0.15, 0.2) is 0 Å². The first kappa shape index (κ1) is 12.9. The van der Waals surface area contributed by atoms with Crippen molar-refractivity contribution in [2.24, 2.45) is 5.92 Å². The summed E-state index contributed by atoms with van der Waals surface area (Å²) in [5.41, 5.74) is 0. The molecule has 1 atom stereocenters. The number of hydrogen-bond acceptors (Lipinski definition) is 3. The Morgan fingerprint density at radius 1 is 1.47 bits per heavy atom. The van der Waals surface area contributed by atoms with Crippen LogP contribution in [0.1, 0.15) is 26.7 Å². The Labute approximate surface area is 94.2 Å². The molecule has 0 bridgehead atoms. The van der Waals surface area contributed by atoms with Crippen LogP contribution in [0.3, 0.4) is 0 Å². The molecule has 3 heteroatoms. The van der Waals surface area contributed by atoms with E-state index in [0.29, 0.717) is 6.10 Å². The Hall–Kier alpha value is -0.120. The molecule has 1 unspecified atom stereocenters. The standard InChI is InChI=1S/C12H26N2O/c1-11(2)15-8-6-13-9-12-5-4-7-14(3)10-12/h11-13H,4-10H2,1-3H3. The molecule has 15 heavy (non-hydrogen) atoms. The Balaban J connectivity index is 1.95. The lowest BCUT2D eigenvalue weighted by Gasteiger charge is -2.29. The van der Waals surface area contributed by atoms with E-state index in [9.17, 15) is 0 Å². The van der Waals surface area contributed by atoms with E-state index in [-0.39, 0.29) is 0 Å². The van der Waals surface area contributed by atoms with E-state index in [1.165, 1.54) is 25.9 Å². The van der Waals surface area contributed by atoms with Crippen molar-refractivity contribution in [1.82, 2.24) is 10.2 Å². The number of nitrogens with one attached hydrogen (secondary N) is 1. The third kappa shape index (κ3) is 6.13. The van der Waals surface area contributed by atoms with Gasteiger partial charge in [0.15, 0.2) is 0 Å². The van der Waals surface area contributed by atoms with E-state index in [1.807, 2.05) is 0 Å². The van der Waals surface area contributed by atoms with Crippen molar-refractivity contribution in [3.63, 3.8) is 0 Å². The van der Waals surface area contributed by atoms with Crippen molar-refractivity contribution in [1.29, 1.82) is 0 Å². The first-order chi connectivity index (χ1) is 7.18. The molecule has 1 fully saturated rings. The van der Waals surface area contributed by atoms with Crippen molar-refractivity contribution >= 4 is 0 Å². The highest BCUT2D eigenvalue weighted by molar-refractivity contribution is 4.72. The predicted molar refractivity (Wildman–Crippen MR) is 64.2 cm³/mol. The lowest BCUT2D eigenvalue weighted by Crippen LogP contribution is -2.38. The van der Waals surface area contributed by atoms with E-state index < -0.39 is 0 Å². The van der Waals surface area contributed by atoms with Gasteiger partial charge in [0.1, 0.15) is 0 Å². The molecular weight excluding hydrogens is 188 g/mol. The molecule has 90 valence electrons. The van der Waals surface area contributed by atoms with Gasteiger partial charge in [-0.15, -0.1) is 0 Å². The molecule has 0 amide bonds. The van der Waals surface area contributed by atoms with Crippen molar-refractivity contribution in [2.45, 2.75) is 32.8 Å². The number of rotatable bonds is 6. The topological polar surface area (TPSA) is 24.5 Å². The van der Waals surface area contributed by atoms with Gasteiger partial charge in [-0.1, -0.05) is 0 Å². The van der Waals surface area contributed by atoms with Gasteiger partial charge >= 0.3 is 0 Å². The number of piperidine rings is 1. The van der Waals surface area contributed by atoms with Gasteiger partial charge in [0.05, 0.1) is 12.7 Å². The van der Waals surface area contributed by atoms with Crippen LogP contribution in [0.25, 0.3) is 0 Å². The molecule has 0 spiro atoms. The zero-order chi connectivity index (χ0) is 11.1. The molecule has 0 aromatic heterocycles. The number of likely N-dealkylation sites (tertiary alicyclic amines) is 1. The van der Waals surface area contributed by atoms with E-state index in [2.05, 4.69) is 31.1 Å². The second-order valence-corrected chi connectivity index (χ2v) is 4.89. The van der Waals surface area contributed by atoms with Crippen LogP contribution in [0.5, 0.6) is 0 Å². The van der Waals surface area contributed by atoms with Crippen LogP contribution in [0.2, 0.25) is 0 Å². The van der Waals surface area contributed by atoms with Crippen LogP contribution in [0, 0.1) is 5.92 Å². The average Bonchev–Trinajstić information content (AvgIpc) is 2.17. The number of hydrogen-bond donors (Lipinski definition) is 1. The summed E-state index contributed by atoms with van der Waals surface area (Å²) < 4.78 is 5.48. The first-order valence-corrected chi connectivity index (χ1v) is 6.19. The van der Waals surface area contributed by atoms with E-state index in [4.69, 9.17) is 4.74 Å². The normalized spacial score (nSPS) is 23.6. The smallest absolute Gasteiger partial charge is 0.0594 e. The zero-order valence-corrected chi connectivity index (χ0v) is 10.5. The molecule has 0 aliphatic carbocycles. The van der Waals surface area contributed by atoms with Gasteiger partial charge in [0.25, 0.3) is 0 Å². The quantitative estimate of drug-likeness (QED) is 0.675. The summed E-state index contributed by atoms with van der Waals surface area (Å²) in [6.07, 6.45) is 3.08. The maximum absolute atomic E-state index is 5.48. The molecule has 0 aromatic carbocycles. The van der Waals surface area contributed by atoms with Gasteiger partial charge in [-0.05, 0) is 52.7 Å². The fraction of sp³-hybridized carbons (Fsp3) is 1.00. The SMILES string of the molecule is CC(C)OCCNCC1CCCN(C)C1. The summed E-state index contributed by atoms with van der Waals surface area (Å²) in [6, 6.07) is 0. The van der Waals surface area contributed by atoms with Crippen LogP contribution < -0.4 is 5.32 Å². The molecule has 0 aromatic rings. The summed E-state index contributed by atoms with van der Waals surface area (Å²) in [7, 11) is 2.22. The minimum absolute atomic E-state index is 0.354. The molecule has 0 radical (unpaired) electrons. The van der Waals surface area contributed by atoms with Gasteiger partial charge in [-0.3, -0.25) is 0 Å². The van der Waals surface area contributed by atoms with Crippen molar-refractivity contribution in [3.8, 4) is 0 Å². The van der Waals surface area contributed by atoms with Crippen LogP contribution >= 0.6 is 0 Å². The highest BCUT2D eigenvalue weighted by Gasteiger charge is 2.16. The van der Waals surface area contributed by atoms with Crippen LogP contribution in [0.4, 0.5) is 0 Å². The summed E-state index contributed by atoms with van der Waals surface area (Å²) in [4.78, 5) is 2.43. The molecule has 1 aliphatic heterocycles. The highest BCUT2D eigenvalue weighted by Crippen LogP contribution is 2.13. The predicted octanol–water partition coefficient (Wildman–Crippen LogP) is 1.34. The lowest BCUT2D eigenvalue weighted by molar-refractivity contribution is 0.0796. The minimum atomic E-state index is 0.354. The lowest BCUT2D eigenvalue weighted by atomic mass is 9.98. The molecule has 3 nitrogen and oxygen atoms in total. The monoisotopic (exact) mass is 214 g/mol. The molecule has 1 saturated heterocycles. The summed E-state index contributed by atoms with van der Waals surface area (Å²) in [5, 5.41) is 3.48. The van der Waals surface area contributed by atoms with Gasteiger partial charge in [-0.2, -0.15) is 0 Å². The van der Waals surface area contributed by atoms with Gasteiger partial charge in [0.2, 0.25) is 0 Å². The van der Waals surface area contributed by atoms with E-state index in [0.717, 1.165) is 25.6 Å². The maximum Gasteiger partial charge on any atom is 0.0594 e. The molecule has 1 rings (SSSR count). The van der Waals surface area contributed by atoms with Crippen molar-refractivity contribution < 1.29 is 4.74 Å². The maximum atomic E-state index is 5.48. The fourth-order valence-corrected chi connectivity index (χ4v) is 2.11. The molecule has 1 heterocycles. The molecule has 1 N–H and O–H groups in total. The second kappa shape index (κ2) is 7.20. The fourth-order valence-electron chi connectivity index (χ4n) is 2.11. The number of nitrogens with zero attached hydrogens (tertiary/aromatic N) is 1. The van der Waals surface area contributed by atoms with Crippen LogP contribution in [-0.4, -0.2) is 50.8 Å². The van der Waals surface area contributed by atoms with E-state index in [1.54, 1.807) is 0 Å². The summed E-state index contributed by atoms with van der Waals surface area (Å²) >= 11 is 0. The van der Waals surface area contributed by atoms with Crippen molar-refractivity contribution in [2.75, 3.05) is 39.8 Å². The summed E-state index contributed by atoms with van der Waals surface area (Å²) in [6.45, 7) is 9.64.